The van der Waals surface area contributed by atoms with E-state index in [9.17, 15) is 51.9 Å². The monoisotopic (exact) mass is 562 g/mol. The fraction of sp³-hybridized carbons (Fsp3) is 0.0769. The van der Waals surface area contributed by atoms with Crippen molar-refractivity contribution in [3.8, 4) is 0 Å². The van der Waals surface area contributed by atoms with Crippen molar-refractivity contribution in [3.05, 3.63) is 35.4 Å². The van der Waals surface area contributed by atoms with Gasteiger partial charge in [-0.1, -0.05) is 0 Å². The average Bonchev–Trinajstić information content (AvgIpc) is 2.53. The van der Waals surface area contributed by atoms with Crippen molar-refractivity contribution in [1.82, 2.24) is 0 Å². The summed E-state index contributed by atoms with van der Waals surface area (Å²) in [4.78, 5) is -5.93. The van der Waals surface area contributed by atoms with Crippen LogP contribution in [0.5, 0.6) is 0 Å². The van der Waals surface area contributed by atoms with E-state index in [0.717, 1.165) is 12.1 Å². The Morgan fingerprint density at radius 2 is 1.03 bits per heavy atom. The maximum Gasteiger partial charge on any atom is 1.00 e. The maximum atomic E-state index is 11.8. The van der Waals surface area contributed by atoms with Gasteiger partial charge >= 0.3 is 59.1 Å². The third kappa shape index (κ3) is 7.34. The number of hydrogen-bond acceptors (Lipinski definition) is 12. The van der Waals surface area contributed by atoms with Gasteiger partial charge in [0.15, 0.2) is 0 Å². The first-order valence-corrected chi connectivity index (χ1v) is 13.2. The van der Waals surface area contributed by atoms with Crippen LogP contribution in [0.2, 0.25) is 0 Å². The molecule has 172 valence electrons. The molecular weight excluding hydrogens is 550 g/mol. The van der Waals surface area contributed by atoms with E-state index in [4.69, 9.17) is 11.5 Å². The fourth-order valence-electron chi connectivity index (χ4n) is 2.74. The molecule has 0 spiro atoms. The van der Waals surface area contributed by atoms with Crippen molar-refractivity contribution in [2.75, 3.05) is 11.5 Å². The van der Waals surface area contributed by atoms with Crippen LogP contribution in [0.3, 0.4) is 0 Å². The van der Waals surface area contributed by atoms with Crippen LogP contribution in [0.25, 0.3) is 0 Å². The Morgan fingerprint density at radius 3 is 1.36 bits per heavy atom. The number of nitrogens with two attached hydrogens (primary N) is 2. The molecule has 2 aromatic rings. The van der Waals surface area contributed by atoms with Crippen molar-refractivity contribution >= 4 is 51.8 Å². The Hall–Kier alpha value is -0.320. The Balaban J connectivity index is 0.00000512. The minimum atomic E-state index is -5.72. The summed E-state index contributed by atoms with van der Waals surface area (Å²) in [6, 6.07) is 2.45. The molecule has 33 heavy (non-hydrogen) atoms. The zero-order valence-corrected chi connectivity index (χ0v) is 24.0. The summed E-state index contributed by atoms with van der Waals surface area (Å²) in [5.41, 5.74) is 8.25. The van der Waals surface area contributed by atoms with Gasteiger partial charge in [-0.15, -0.1) is 0 Å². The molecule has 0 bridgehead atoms. The quantitative estimate of drug-likeness (QED) is 0.145. The Kier molecular flexibility index (Phi) is 10.6. The summed E-state index contributed by atoms with van der Waals surface area (Å²) in [7, 11) is -22.0. The van der Waals surface area contributed by atoms with E-state index in [1.54, 1.807) is 0 Å². The van der Waals surface area contributed by atoms with E-state index >= 15 is 0 Å². The molecule has 2 aromatic carbocycles. The molecule has 2 rings (SSSR count). The van der Waals surface area contributed by atoms with Crippen molar-refractivity contribution in [2.24, 2.45) is 0 Å². The average molecular weight is 562 g/mol. The van der Waals surface area contributed by atoms with Crippen molar-refractivity contribution < 1.29 is 111 Å². The molecule has 0 aliphatic rings. The summed E-state index contributed by atoms with van der Waals surface area (Å²) in [5, 5.41) is 0. The van der Waals surface area contributed by atoms with Crippen LogP contribution in [-0.4, -0.2) is 51.9 Å². The zero-order valence-electron chi connectivity index (χ0n) is 16.8. The van der Waals surface area contributed by atoms with Gasteiger partial charge < -0.3 is 20.6 Å². The van der Waals surface area contributed by atoms with E-state index in [2.05, 4.69) is 0 Å². The fourth-order valence-corrected chi connectivity index (χ4v) is 6.80. The summed E-state index contributed by atoms with van der Waals surface area (Å²) < 4.78 is 135. The number of hydrogen-bond donors (Lipinski definition) is 4. The molecule has 0 radical (unpaired) electrons. The predicted octanol–water partition coefficient (Wildman–Crippen LogP) is -7.25. The van der Waals surface area contributed by atoms with E-state index < -0.39 is 89.0 Å². The molecule has 0 aliphatic heterocycles. The van der Waals surface area contributed by atoms with Crippen molar-refractivity contribution in [3.63, 3.8) is 0 Å². The van der Waals surface area contributed by atoms with Gasteiger partial charge in [0.25, 0.3) is 20.2 Å². The molecule has 0 saturated heterocycles. The third-order valence-electron chi connectivity index (χ3n) is 3.93. The molecule has 6 N–H and O–H groups in total. The maximum absolute atomic E-state index is 11.8. The number of benzene rings is 2. The number of anilines is 2. The molecule has 0 aromatic heterocycles. The molecule has 14 nitrogen and oxygen atoms in total. The molecule has 0 heterocycles. The van der Waals surface area contributed by atoms with Crippen molar-refractivity contribution in [1.29, 1.82) is 0 Å². The van der Waals surface area contributed by atoms with Crippen LogP contribution in [0.15, 0.2) is 43.8 Å². The van der Waals surface area contributed by atoms with Crippen LogP contribution in [0, 0.1) is 0 Å². The smallest absolute Gasteiger partial charge is 0.744 e. The minimum absolute atomic E-state index is 0. The zero-order chi connectivity index (χ0) is 24.2. The Labute approximate surface area is 233 Å². The SMILES string of the molecule is Nc1ccc(S(=O)(=O)[O-])c(S(=O)(=O)[O-])c1Cc1c(N)ccc(S(=O)(=O)O)c1S(=O)(=O)O.[Na+].[Na+]. The summed E-state index contributed by atoms with van der Waals surface area (Å²) in [6.45, 7) is 0. The first-order chi connectivity index (χ1) is 13.8. The van der Waals surface area contributed by atoms with Gasteiger partial charge in [0.1, 0.15) is 30.0 Å². The van der Waals surface area contributed by atoms with Gasteiger partial charge in [0.2, 0.25) is 0 Å². The van der Waals surface area contributed by atoms with Crippen LogP contribution >= 0.6 is 0 Å². The van der Waals surface area contributed by atoms with E-state index in [-0.39, 0.29) is 59.1 Å². The van der Waals surface area contributed by atoms with E-state index in [1.165, 1.54) is 0 Å². The van der Waals surface area contributed by atoms with Gasteiger partial charge in [-0.2, -0.15) is 16.8 Å². The standard InChI is InChI=1S/C13H14N2O12S4.2Na/c14-8-1-3-10(28(16,17)18)12(30(22,23)24)6(8)5-7-9(15)2-4-11(29(19,20)21)13(7)31(25,26)27;;/h1-4H,5,14-15H2,(H,16,17,18)(H,19,20,21)(H,22,23,24)(H,25,26,27);;/q;2*+1/p-2. The molecule has 0 aliphatic carbocycles. The number of nitrogen functional groups attached to an aromatic ring is 2. The van der Waals surface area contributed by atoms with E-state index in [0.29, 0.717) is 12.1 Å². The van der Waals surface area contributed by atoms with Gasteiger partial charge in [-0.05, 0) is 29.8 Å². The second-order valence-electron chi connectivity index (χ2n) is 5.96. The predicted molar refractivity (Wildman–Crippen MR) is 100 cm³/mol. The van der Waals surface area contributed by atoms with Crippen LogP contribution < -0.4 is 70.6 Å². The van der Waals surface area contributed by atoms with Crippen LogP contribution in [0.1, 0.15) is 11.1 Å². The summed E-state index contributed by atoms with van der Waals surface area (Å²) in [5.74, 6) is 0. The normalized spacial score (nSPS) is 12.5. The van der Waals surface area contributed by atoms with Crippen LogP contribution in [0.4, 0.5) is 11.4 Å². The first kappa shape index (κ1) is 32.7. The van der Waals surface area contributed by atoms with E-state index in [1.807, 2.05) is 0 Å². The van der Waals surface area contributed by atoms with Gasteiger partial charge in [0.05, 0.1) is 9.79 Å². The van der Waals surface area contributed by atoms with Crippen molar-refractivity contribution in [2.45, 2.75) is 26.0 Å². The molecule has 0 saturated carbocycles. The van der Waals surface area contributed by atoms with Gasteiger partial charge in [-0.25, -0.2) is 16.8 Å². The molecular formula is C13H12N2Na2O12S4. The minimum Gasteiger partial charge on any atom is -0.744 e. The molecule has 20 heteroatoms. The Morgan fingerprint density at radius 1 is 0.636 bits per heavy atom. The number of rotatable bonds is 6. The van der Waals surface area contributed by atoms with Crippen LogP contribution in [-0.2, 0) is 46.9 Å². The third-order valence-corrected chi connectivity index (χ3v) is 7.91. The topological polar surface area (TPSA) is 275 Å². The summed E-state index contributed by atoms with van der Waals surface area (Å²) in [6.07, 6.45) is -1.14. The molecule has 0 amide bonds. The van der Waals surface area contributed by atoms with Gasteiger partial charge in [0, 0.05) is 23.4 Å². The molecule has 0 atom stereocenters. The molecule has 0 unspecified atom stereocenters. The molecule has 0 fully saturated rings. The second-order valence-corrected chi connectivity index (χ2v) is 11.4. The summed E-state index contributed by atoms with van der Waals surface area (Å²) >= 11 is 0. The largest absolute Gasteiger partial charge is 1.00 e. The Bertz CT molecular complexity index is 1400. The van der Waals surface area contributed by atoms with Gasteiger partial charge in [-0.3, -0.25) is 9.11 Å². The first-order valence-electron chi connectivity index (χ1n) is 7.45. The second kappa shape index (κ2) is 10.7.